The number of nitrogens with one attached hydrogen (secondary N) is 1. The van der Waals surface area contributed by atoms with Crippen LogP contribution in [0.25, 0.3) is 0 Å². The molecule has 0 aliphatic carbocycles. The molecule has 1 saturated heterocycles. The van der Waals surface area contributed by atoms with E-state index < -0.39 is 0 Å². The van der Waals surface area contributed by atoms with Gasteiger partial charge in [0.1, 0.15) is 0 Å². The lowest BCUT2D eigenvalue weighted by Gasteiger charge is -2.49. The fourth-order valence-corrected chi connectivity index (χ4v) is 3.46. The second-order valence-corrected chi connectivity index (χ2v) is 6.58. The molecule has 21 heavy (non-hydrogen) atoms. The molecule has 1 N–H and O–H groups in total. The predicted octanol–water partition coefficient (Wildman–Crippen LogP) is 3.46. The quantitative estimate of drug-likeness (QED) is 0.869. The number of piperazine rings is 1. The van der Waals surface area contributed by atoms with Gasteiger partial charge in [0.25, 0.3) is 0 Å². The van der Waals surface area contributed by atoms with Crippen molar-refractivity contribution in [3.05, 3.63) is 30.1 Å². The van der Waals surface area contributed by atoms with Crippen molar-refractivity contribution in [1.82, 2.24) is 15.2 Å². The van der Waals surface area contributed by atoms with Crippen LogP contribution in [0.15, 0.2) is 24.5 Å². The SMILES string of the molecule is CCC(C)C1CNC(CC)(CC)CN1Cc1ccncc1. The normalized spacial score (nSPS) is 23.9. The Morgan fingerprint density at radius 3 is 2.52 bits per heavy atom. The molecule has 0 spiro atoms. The van der Waals surface area contributed by atoms with Gasteiger partial charge >= 0.3 is 0 Å². The molecule has 0 saturated carbocycles. The highest BCUT2D eigenvalue weighted by Crippen LogP contribution is 2.28. The minimum Gasteiger partial charge on any atom is -0.308 e. The van der Waals surface area contributed by atoms with E-state index in [2.05, 4.69) is 55.0 Å². The van der Waals surface area contributed by atoms with Crippen LogP contribution in [0.3, 0.4) is 0 Å². The summed E-state index contributed by atoms with van der Waals surface area (Å²) in [5, 5.41) is 3.86. The molecule has 0 aromatic carbocycles. The van der Waals surface area contributed by atoms with Crippen molar-refractivity contribution in [3.63, 3.8) is 0 Å². The van der Waals surface area contributed by atoms with Gasteiger partial charge in [-0.25, -0.2) is 0 Å². The highest BCUT2D eigenvalue weighted by Gasteiger charge is 2.38. The molecule has 3 nitrogen and oxygen atoms in total. The average molecular weight is 289 g/mol. The Bertz CT molecular complexity index is 414. The van der Waals surface area contributed by atoms with Crippen molar-refractivity contribution in [2.24, 2.45) is 5.92 Å². The zero-order valence-electron chi connectivity index (χ0n) is 14.1. The molecule has 1 aliphatic rings. The molecule has 0 radical (unpaired) electrons. The van der Waals surface area contributed by atoms with Crippen LogP contribution in [0, 0.1) is 5.92 Å². The third-order valence-corrected chi connectivity index (χ3v) is 5.45. The first-order valence-electron chi connectivity index (χ1n) is 8.52. The largest absolute Gasteiger partial charge is 0.308 e. The Labute approximate surface area is 130 Å². The van der Waals surface area contributed by atoms with Gasteiger partial charge in [-0.2, -0.15) is 0 Å². The smallest absolute Gasteiger partial charge is 0.0304 e. The van der Waals surface area contributed by atoms with E-state index in [4.69, 9.17) is 0 Å². The summed E-state index contributed by atoms with van der Waals surface area (Å²) in [6.45, 7) is 12.6. The van der Waals surface area contributed by atoms with Crippen molar-refractivity contribution in [2.45, 2.75) is 65.1 Å². The van der Waals surface area contributed by atoms with Gasteiger partial charge in [-0.05, 0) is 36.5 Å². The minimum absolute atomic E-state index is 0.289. The van der Waals surface area contributed by atoms with Crippen LogP contribution in [0.4, 0.5) is 0 Å². The fourth-order valence-electron chi connectivity index (χ4n) is 3.46. The lowest BCUT2D eigenvalue weighted by atomic mass is 9.85. The highest BCUT2D eigenvalue weighted by atomic mass is 15.3. The standard InChI is InChI=1S/C18H31N3/c1-5-15(4)17-12-20-18(6-2,7-3)14-21(17)13-16-8-10-19-11-9-16/h8-11,15,17,20H,5-7,12-14H2,1-4H3. The van der Waals surface area contributed by atoms with E-state index in [0.29, 0.717) is 6.04 Å². The summed E-state index contributed by atoms with van der Waals surface area (Å²) >= 11 is 0. The van der Waals surface area contributed by atoms with Crippen molar-refractivity contribution in [1.29, 1.82) is 0 Å². The number of nitrogens with zero attached hydrogens (tertiary/aromatic N) is 2. The summed E-state index contributed by atoms with van der Waals surface area (Å²) in [5.41, 5.74) is 1.66. The summed E-state index contributed by atoms with van der Waals surface area (Å²) in [5.74, 6) is 0.728. The second kappa shape index (κ2) is 7.37. The third-order valence-electron chi connectivity index (χ3n) is 5.45. The van der Waals surface area contributed by atoms with Crippen LogP contribution in [0.1, 0.15) is 52.5 Å². The monoisotopic (exact) mass is 289 g/mol. The van der Waals surface area contributed by atoms with E-state index >= 15 is 0 Å². The molecule has 2 heterocycles. The molecular formula is C18H31N3. The van der Waals surface area contributed by atoms with Gasteiger partial charge in [-0.3, -0.25) is 9.88 Å². The topological polar surface area (TPSA) is 28.2 Å². The Balaban J connectivity index is 2.16. The molecule has 1 fully saturated rings. The van der Waals surface area contributed by atoms with Crippen LogP contribution in [-0.2, 0) is 6.54 Å². The number of hydrogen-bond donors (Lipinski definition) is 1. The van der Waals surface area contributed by atoms with Gasteiger partial charge in [0.15, 0.2) is 0 Å². The van der Waals surface area contributed by atoms with Crippen molar-refractivity contribution >= 4 is 0 Å². The molecule has 1 aromatic rings. The Morgan fingerprint density at radius 1 is 1.29 bits per heavy atom. The third kappa shape index (κ3) is 3.83. The Hall–Kier alpha value is -0.930. The molecule has 3 heteroatoms. The maximum absolute atomic E-state index is 4.14. The summed E-state index contributed by atoms with van der Waals surface area (Å²) < 4.78 is 0. The highest BCUT2D eigenvalue weighted by molar-refractivity contribution is 5.11. The van der Waals surface area contributed by atoms with E-state index in [9.17, 15) is 0 Å². The van der Waals surface area contributed by atoms with Crippen molar-refractivity contribution in [2.75, 3.05) is 13.1 Å². The molecule has 0 bridgehead atoms. The minimum atomic E-state index is 0.289. The zero-order chi connectivity index (χ0) is 15.3. The number of rotatable bonds is 6. The first-order valence-corrected chi connectivity index (χ1v) is 8.52. The molecule has 1 aromatic heterocycles. The summed E-state index contributed by atoms with van der Waals surface area (Å²) in [6, 6.07) is 4.93. The lowest BCUT2D eigenvalue weighted by Crippen LogP contribution is -2.64. The van der Waals surface area contributed by atoms with E-state index in [-0.39, 0.29) is 5.54 Å². The van der Waals surface area contributed by atoms with Gasteiger partial charge in [-0.1, -0.05) is 34.1 Å². The summed E-state index contributed by atoms with van der Waals surface area (Å²) in [7, 11) is 0. The first kappa shape index (κ1) is 16.4. The zero-order valence-corrected chi connectivity index (χ0v) is 14.1. The van der Waals surface area contributed by atoms with Crippen molar-refractivity contribution < 1.29 is 0 Å². The number of aromatic nitrogens is 1. The summed E-state index contributed by atoms with van der Waals surface area (Å²) in [4.78, 5) is 6.84. The predicted molar refractivity (Wildman–Crippen MR) is 89.2 cm³/mol. The Kier molecular flexibility index (Phi) is 5.77. The van der Waals surface area contributed by atoms with Gasteiger partial charge < -0.3 is 5.32 Å². The maximum Gasteiger partial charge on any atom is 0.0304 e. The first-order chi connectivity index (χ1) is 10.1. The van der Waals surface area contributed by atoms with E-state index in [1.165, 1.54) is 24.8 Å². The lowest BCUT2D eigenvalue weighted by molar-refractivity contribution is 0.0395. The second-order valence-electron chi connectivity index (χ2n) is 6.58. The fraction of sp³-hybridized carbons (Fsp3) is 0.722. The van der Waals surface area contributed by atoms with Gasteiger partial charge in [-0.15, -0.1) is 0 Å². The maximum atomic E-state index is 4.14. The summed E-state index contributed by atoms with van der Waals surface area (Å²) in [6.07, 6.45) is 7.45. The average Bonchev–Trinajstić information content (AvgIpc) is 2.55. The van der Waals surface area contributed by atoms with E-state index in [1.807, 2.05) is 12.4 Å². The van der Waals surface area contributed by atoms with E-state index in [1.54, 1.807) is 0 Å². The van der Waals surface area contributed by atoms with Gasteiger partial charge in [0.05, 0.1) is 0 Å². The molecule has 1 aliphatic heterocycles. The van der Waals surface area contributed by atoms with Gasteiger partial charge in [0.2, 0.25) is 0 Å². The van der Waals surface area contributed by atoms with Crippen LogP contribution in [-0.4, -0.2) is 34.6 Å². The molecule has 2 rings (SSSR count). The van der Waals surface area contributed by atoms with Crippen LogP contribution in [0.5, 0.6) is 0 Å². The van der Waals surface area contributed by atoms with Crippen LogP contribution >= 0.6 is 0 Å². The molecule has 2 unspecified atom stereocenters. The molecular weight excluding hydrogens is 258 g/mol. The number of pyridine rings is 1. The molecule has 0 amide bonds. The molecule has 2 atom stereocenters. The van der Waals surface area contributed by atoms with Crippen LogP contribution in [0.2, 0.25) is 0 Å². The Morgan fingerprint density at radius 2 is 1.95 bits per heavy atom. The number of hydrogen-bond acceptors (Lipinski definition) is 3. The molecule has 118 valence electrons. The van der Waals surface area contributed by atoms with E-state index in [0.717, 1.165) is 25.6 Å². The van der Waals surface area contributed by atoms with Crippen molar-refractivity contribution in [3.8, 4) is 0 Å². The van der Waals surface area contributed by atoms with Gasteiger partial charge in [0, 0.05) is 43.6 Å². The van der Waals surface area contributed by atoms with Crippen LogP contribution < -0.4 is 5.32 Å².